The van der Waals surface area contributed by atoms with Gasteiger partial charge in [0.05, 0.1) is 0 Å². The smallest absolute Gasteiger partial charge is 0.319 e. The van der Waals surface area contributed by atoms with Gasteiger partial charge in [0.1, 0.15) is 10.8 Å². The van der Waals surface area contributed by atoms with E-state index in [-0.39, 0.29) is 4.21 Å². The maximum absolute atomic E-state index is 11.9. The van der Waals surface area contributed by atoms with E-state index in [9.17, 15) is 21.6 Å². The fourth-order valence-electron chi connectivity index (χ4n) is 1.13. The zero-order valence-electron chi connectivity index (χ0n) is 9.54. The van der Waals surface area contributed by atoms with Gasteiger partial charge in [0.25, 0.3) is 0 Å². The molecule has 0 aromatic carbocycles. The second kappa shape index (κ2) is 6.00. The highest BCUT2D eigenvalue weighted by atomic mass is 32.2. The number of nitrogens with one attached hydrogen (secondary N) is 2. The minimum Gasteiger partial charge on any atom is -0.319 e. The Morgan fingerprint density at radius 1 is 1.33 bits per heavy atom. The molecule has 0 unspecified atom stereocenters. The molecule has 1 aromatic rings. The molecule has 0 aliphatic carbocycles. The normalized spacial score (nSPS) is 12.9. The molecule has 1 rings (SSSR count). The van der Waals surface area contributed by atoms with Crippen molar-refractivity contribution < 1.29 is 21.6 Å². The van der Waals surface area contributed by atoms with Crippen LogP contribution in [-0.4, -0.2) is 34.7 Å². The third-order valence-electron chi connectivity index (χ3n) is 1.99. The van der Waals surface area contributed by atoms with E-state index in [1.807, 2.05) is 0 Å². The van der Waals surface area contributed by atoms with Gasteiger partial charge in [-0.05, 0) is 32.1 Å². The van der Waals surface area contributed by atoms with Gasteiger partial charge in [-0.3, -0.25) is 0 Å². The Labute approximate surface area is 107 Å². The third kappa shape index (κ3) is 4.92. The topological polar surface area (TPSA) is 58.2 Å². The number of likely N-dealkylation sites (N-methyl/N-ethyl adjacent to an activating group) is 1. The van der Waals surface area contributed by atoms with Crippen molar-refractivity contribution in [1.29, 1.82) is 0 Å². The predicted octanol–water partition coefficient (Wildman–Crippen LogP) is 1.35. The largest absolute Gasteiger partial charge is 0.402 e. The first-order chi connectivity index (χ1) is 8.24. The molecule has 0 saturated heterocycles. The van der Waals surface area contributed by atoms with Gasteiger partial charge in [0.15, 0.2) is 0 Å². The Bertz CT molecular complexity index is 482. The summed E-state index contributed by atoms with van der Waals surface area (Å²) >= 11 is 0.973. The van der Waals surface area contributed by atoms with Crippen LogP contribution in [0.15, 0.2) is 16.3 Å². The fraction of sp³-hybridized carbons (Fsp3) is 0.556. The zero-order valence-corrected chi connectivity index (χ0v) is 11.2. The van der Waals surface area contributed by atoms with Crippen molar-refractivity contribution in [3.05, 3.63) is 17.0 Å². The van der Waals surface area contributed by atoms with Gasteiger partial charge in [-0.1, -0.05) is 0 Å². The van der Waals surface area contributed by atoms with Gasteiger partial charge in [0.2, 0.25) is 10.0 Å². The highest BCUT2D eigenvalue weighted by molar-refractivity contribution is 7.91. The maximum atomic E-state index is 11.9. The van der Waals surface area contributed by atoms with Crippen LogP contribution >= 0.6 is 11.3 Å². The monoisotopic (exact) mass is 302 g/mol. The van der Waals surface area contributed by atoms with Crippen molar-refractivity contribution in [2.45, 2.75) is 16.8 Å². The molecule has 0 radical (unpaired) electrons. The van der Waals surface area contributed by atoms with Crippen LogP contribution in [0.2, 0.25) is 0 Å². The van der Waals surface area contributed by atoms with E-state index in [1.165, 1.54) is 10.8 Å². The Balaban J connectivity index is 2.70. The van der Waals surface area contributed by atoms with E-state index in [0.717, 1.165) is 16.2 Å². The van der Waals surface area contributed by atoms with Crippen LogP contribution in [0.1, 0.15) is 4.88 Å². The molecule has 0 aliphatic heterocycles. The Kier molecular flexibility index (Phi) is 5.14. The predicted molar refractivity (Wildman–Crippen MR) is 63.2 cm³/mol. The molecule has 0 fully saturated rings. The summed E-state index contributed by atoms with van der Waals surface area (Å²) in [6, 6.07) is 2.92. The molecule has 4 nitrogen and oxygen atoms in total. The van der Waals surface area contributed by atoms with Crippen molar-refractivity contribution in [2.75, 3.05) is 20.1 Å². The first-order valence-electron chi connectivity index (χ1n) is 5.04. The average Bonchev–Trinajstić information content (AvgIpc) is 2.72. The number of halogens is 3. The lowest BCUT2D eigenvalue weighted by molar-refractivity contribution is -0.121. The Morgan fingerprint density at radius 2 is 2.00 bits per heavy atom. The van der Waals surface area contributed by atoms with Crippen LogP contribution in [0.4, 0.5) is 13.2 Å². The highest BCUT2D eigenvalue weighted by Gasteiger charge is 2.30. The summed E-state index contributed by atoms with van der Waals surface area (Å²) in [5, 5.41) is 2.90. The summed E-state index contributed by atoms with van der Waals surface area (Å²) < 4.78 is 60.4. The number of hydrogen-bond donors (Lipinski definition) is 2. The third-order valence-corrected chi connectivity index (χ3v) is 5.02. The van der Waals surface area contributed by atoms with E-state index in [0.29, 0.717) is 13.0 Å². The second-order valence-electron chi connectivity index (χ2n) is 3.51. The highest BCUT2D eigenvalue weighted by Crippen LogP contribution is 2.22. The molecule has 0 spiro atoms. The summed E-state index contributed by atoms with van der Waals surface area (Å²) in [5.41, 5.74) is 0. The number of hydrogen-bond acceptors (Lipinski definition) is 4. The van der Waals surface area contributed by atoms with Crippen molar-refractivity contribution in [3.63, 3.8) is 0 Å². The molecule has 0 bridgehead atoms. The number of alkyl halides is 3. The van der Waals surface area contributed by atoms with Crippen LogP contribution in [0, 0.1) is 0 Å². The molecule has 0 aliphatic rings. The van der Waals surface area contributed by atoms with Gasteiger partial charge < -0.3 is 5.32 Å². The van der Waals surface area contributed by atoms with Gasteiger partial charge in [-0.2, -0.15) is 13.2 Å². The first-order valence-corrected chi connectivity index (χ1v) is 7.34. The minimum atomic E-state index is -4.56. The summed E-state index contributed by atoms with van der Waals surface area (Å²) in [5.74, 6) is 0. The van der Waals surface area contributed by atoms with E-state index in [2.05, 4.69) is 5.32 Å². The molecular weight excluding hydrogens is 289 g/mol. The molecule has 1 aromatic heterocycles. The van der Waals surface area contributed by atoms with Gasteiger partial charge in [-0.25, -0.2) is 13.1 Å². The number of sulfonamides is 1. The van der Waals surface area contributed by atoms with E-state index in [4.69, 9.17) is 0 Å². The molecule has 1 heterocycles. The summed E-state index contributed by atoms with van der Waals surface area (Å²) in [6.45, 7) is -0.880. The molecule has 0 saturated carbocycles. The van der Waals surface area contributed by atoms with Crippen LogP contribution in [0.25, 0.3) is 0 Å². The van der Waals surface area contributed by atoms with Crippen LogP contribution in [0.3, 0.4) is 0 Å². The van der Waals surface area contributed by atoms with E-state index < -0.39 is 22.7 Å². The minimum absolute atomic E-state index is 0.0992. The van der Waals surface area contributed by atoms with Crippen LogP contribution in [0.5, 0.6) is 0 Å². The van der Waals surface area contributed by atoms with Crippen molar-refractivity contribution in [3.8, 4) is 0 Å². The van der Waals surface area contributed by atoms with Crippen molar-refractivity contribution >= 4 is 21.4 Å². The molecule has 104 valence electrons. The van der Waals surface area contributed by atoms with E-state index in [1.54, 1.807) is 13.1 Å². The SMILES string of the molecule is CNCCc1ccc(S(=O)(=O)NCC(F)(F)F)s1. The molecule has 0 atom stereocenters. The van der Waals surface area contributed by atoms with Crippen molar-refractivity contribution in [2.24, 2.45) is 0 Å². The lowest BCUT2D eigenvalue weighted by Crippen LogP contribution is -2.33. The Hall–Kier alpha value is -0.640. The average molecular weight is 302 g/mol. The first kappa shape index (κ1) is 15.4. The molecular formula is C9H13F3N2O2S2. The fourth-order valence-corrected chi connectivity index (χ4v) is 3.55. The maximum Gasteiger partial charge on any atom is 0.402 e. The number of thiophene rings is 1. The molecule has 9 heteroatoms. The summed E-state index contributed by atoms with van der Waals surface area (Å²) in [6.07, 6.45) is -3.92. The second-order valence-corrected chi connectivity index (χ2v) is 6.68. The Morgan fingerprint density at radius 3 is 2.56 bits per heavy atom. The lowest BCUT2D eigenvalue weighted by Gasteiger charge is -2.07. The molecule has 18 heavy (non-hydrogen) atoms. The van der Waals surface area contributed by atoms with E-state index >= 15 is 0 Å². The van der Waals surface area contributed by atoms with Gasteiger partial charge >= 0.3 is 6.18 Å². The summed E-state index contributed by atoms with van der Waals surface area (Å²) in [4.78, 5) is 0.803. The van der Waals surface area contributed by atoms with Crippen LogP contribution < -0.4 is 10.0 Å². The molecule has 2 N–H and O–H groups in total. The van der Waals surface area contributed by atoms with Crippen molar-refractivity contribution in [1.82, 2.24) is 10.0 Å². The standard InChI is InChI=1S/C9H13F3N2O2S2/c1-13-5-4-7-2-3-8(17-7)18(15,16)14-6-9(10,11)12/h2-3,13-14H,4-6H2,1H3. The van der Waals surface area contributed by atoms with Gasteiger partial charge in [0, 0.05) is 4.88 Å². The number of rotatable bonds is 6. The molecule has 0 amide bonds. The quantitative estimate of drug-likeness (QED) is 0.834. The zero-order chi connectivity index (χ0) is 13.8. The van der Waals surface area contributed by atoms with Crippen LogP contribution in [-0.2, 0) is 16.4 Å². The van der Waals surface area contributed by atoms with Gasteiger partial charge in [-0.15, -0.1) is 11.3 Å². The summed E-state index contributed by atoms with van der Waals surface area (Å²) in [7, 11) is -2.31. The lowest BCUT2D eigenvalue weighted by atomic mass is 10.3.